The third-order valence-corrected chi connectivity index (χ3v) is 3.04. The Balaban J connectivity index is 2.83. The SMILES string of the molecule is CCOc1cccc(CO)c1OCC(=O)N(C)C(C)C. The molecule has 0 atom stereocenters. The fourth-order valence-corrected chi connectivity index (χ4v) is 1.64. The van der Waals surface area contributed by atoms with Gasteiger partial charge in [0.05, 0.1) is 13.2 Å². The van der Waals surface area contributed by atoms with Gasteiger partial charge in [-0.25, -0.2) is 0 Å². The quantitative estimate of drug-likeness (QED) is 0.828. The monoisotopic (exact) mass is 281 g/mol. The lowest BCUT2D eigenvalue weighted by Gasteiger charge is -2.22. The molecule has 0 saturated heterocycles. The first-order valence-electron chi connectivity index (χ1n) is 6.75. The molecule has 1 rings (SSSR count). The number of aliphatic hydroxyl groups excluding tert-OH is 1. The highest BCUT2D eigenvalue weighted by Crippen LogP contribution is 2.31. The molecule has 0 bridgehead atoms. The van der Waals surface area contributed by atoms with E-state index in [4.69, 9.17) is 9.47 Å². The Bertz CT molecular complexity index is 445. The molecule has 0 aliphatic heterocycles. The van der Waals surface area contributed by atoms with Crippen LogP contribution in [0.4, 0.5) is 0 Å². The van der Waals surface area contributed by atoms with Gasteiger partial charge in [-0.05, 0) is 26.8 Å². The number of hydrogen-bond donors (Lipinski definition) is 1. The first-order chi connectivity index (χ1) is 9.51. The summed E-state index contributed by atoms with van der Waals surface area (Å²) in [6.07, 6.45) is 0. The van der Waals surface area contributed by atoms with E-state index in [1.165, 1.54) is 0 Å². The Labute approximate surface area is 120 Å². The van der Waals surface area contributed by atoms with Crippen LogP contribution in [-0.4, -0.2) is 42.2 Å². The lowest BCUT2D eigenvalue weighted by Crippen LogP contribution is -2.36. The molecular weight excluding hydrogens is 258 g/mol. The summed E-state index contributed by atoms with van der Waals surface area (Å²) in [6, 6.07) is 5.40. The number of amides is 1. The van der Waals surface area contributed by atoms with Gasteiger partial charge in [0.1, 0.15) is 0 Å². The standard InChI is InChI=1S/C15H23NO4/c1-5-19-13-8-6-7-12(9-17)15(13)20-10-14(18)16(4)11(2)3/h6-8,11,17H,5,9-10H2,1-4H3. The van der Waals surface area contributed by atoms with Gasteiger partial charge in [-0.15, -0.1) is 0 Å². The summed E-state index contributed by atoms with van der Waals surface area (Å²) >= 11 is 0. The molecule has 0 aromatic heterocycles. The second-order valence-electron chi connectivity index (χ2n) is 4.72. The fourth-order valence-electron chi connectivity index (χ4n) is 1.64. The molecule has 5 nitrogen and oxygen atoms in total. The molecular formula is C15H23NO4. The summed E-state index contributed by atoms with van der Waals surface area (Å²) in [5.41, 5.74) is 0.607. The maximum atomic E-state index is 11.9. The number of carbonyl (C=O) groups excluding carboxylic acids is 1. The predicted octanol–water partition coefficient (Wildman–Crippen LogP) is 1.82. The van der Waals surface area contributed by atoms with Crippen LogP contribution in [0, 0.1) is 0 Å². The summed E-state index contributed by atoms with van der Waals surface area (Å²) in [6.45, 7) is 5.99. The van der Waals surface area contributed by atoms with Crippen molar-refractivity contribution in [3.63, 3.8) is 0 Å². The minimum atomic E-state index is -0.162. The summed E-state index contributed by atoms with van der Waals surface area (Å²) in [5, 5.41) is 9.34. The van der Waals surface area contributed by atoms with Gasteiger partial charge in [-0.3, -0.25) is 4.79 Å². The van der Waals surface area contributed by atoms with Crippen molar-refractivity contribution < 1.29 is 19.4 Å². The molecule has 5 heteroatoms. The van der Waals surface area contributed by atoms with Crippen LogP contribution in [0.1, 0.15) is 26.3 Å². The summed E-state index contributed by atoms with van der Waals surface area (Å²) in [5.74, 6) is 0.858. The lowest BCUT2D eigenvalue weighted by molar-refractivity contribution is -0.133. The topological polar surface area (TPSA) is 59.0 Å². The Morgan fingerprint density at radius 1 is 1.35 bits per heavy atom. The molecule has 1 N–H and O–H groups in total. The molecule has 1 aromatic carbocycles. The van der Waals surface area contributed by atoms with E-state index in [2.05, 4.69) is 0 Å². The van der Waals surface area contributed by atoms with Crippen LogP contribution in [0.15, 0.2) is 18.2 Å². The number of nitrogens with zero attached hydrogens (tertiary/aromatic N) is 1. The highest BCUT2D eigenvalue weighted by atomic mass is 16.5. The normalized spacial score (nSPS) is 10.5. The molecule has 0 aliphatic carbocycles. The molecule has 1 amide bonds. The molecule has 0 radical (unpaired) electrons. The minimum absolute atomic E-state index is 0.0776. The number of aliphatic hydroxyl groups is 1. The maximum Gasteiger partial charge on any atom is 0.260 e. The van der Waals surface area contributed by atoms with Crippen molar-refractivity contribution in [1.29, 1.82) is 0 Å². The molecule has 0 saturated carbocycles. The van der Waals surface area contributed by atoms with Crippen LogP contribution < -0.4 is 9.47 Å². The van der Waals surface area contributed by atoms with Crippen LogP contribution in [0.2, 0.25) is 0 Å². The fraction of sp³-hybridized carbons (Fsp3) is 0.533. The van der Waals surface area contributed by atoms with Crippen molar-refractivity contribution in [2.24, 2.45) is 0 Å². The van der Waals surface area contributed by atoms with E-state index in [-0.39, 0.29) is 25.2 Å². The van der Waals surface area contributed by atoms with Crippen LogP contribution >= 0.6 is 0 Å². The van der Waals surface area contributed by atoms with Crippen molar-refractivity contribution >= 4 is 5.91 Å². The molecule has 0 fully saturated rings. The molecule has 0 aliphatic rings. The average molecular weight is 281 g/mol. The highest BCUT2D eigenvalue weighted by Gasteiger charge is 2.16. The van der Waals surface area contributed by atoms with Crippen LogP contribution in [0.3, 0.4) is 0 Å². The lowest BCUT2D eigenvalue weighted by atomic mass is 10.2. The smallest absolute Gasteiger partial charge is 0.260 e. The van der Waals surface area contributed by atoms with Gasteiger partial charge in [0.25, 0.3) is 5.91 Å². The van der Waals surface area contributed by atoms with Crippen molar-refractivity contribution in [1.82, 2.24) is 4.90 Å². The Morgan fingerprint density at radius 2 is 2.05 bits per heavy atom. The molecule has 112 valence electrons. The van der Waals surface area contributed by atoms with E-state index >= 15 is 0 Å². The van der Waals surface area contributed by atoms with Gasteiger partial charge in [-0.2, -0.15) is 0 Å². The van der Waals surface area contributed by atoms with Crippen molar-refractivity contribution in [2.45, 2.75) is 33.4 Å². The Kier molecular flexibility index (Phi) is 6.31. The zero-order valence-corrected chi connectivity index (χ0v) is 12.5. The van der Waals surface area contributed by atoms with Gasteiger partial charge >= 0.3 is 0 Å². The Morgan fingerprint density at radius 3 is 2.60 bits per heavy atom. The van der Waals surface area contributed by atoms with Gasteiger partial charge in [0.2, 0.25) is 0 Å². The Hall–Kier alpha value is -1.75. The number of carbonyl (C=O) groups is 1. The molecule has 1 aromatic rings. The second kappa shape index (κ2) is 7.75. The van der Waals surface area contributed by atoms with Crippen molar-refractivity contribution in [3.05, 3.63) is 23.8 Å². The number of benzene rings is 1. The first-order valence-corrected chi connectivity index (χ1v) is 6.75. The molecule has 0 unspecified atom stereocenters. The number of rotatable bonds is 7. The summed E-state index contributed by atoms with van der Waals surface area (Å²) < 4.78 is 11.0. The number of para-hydroxylation sites is 1. The van der Waals surface area contributed by atoms with E-state index in [0.29, 0.717) is 23.7 Å². The molecule has 0 heterocycles. The van der Waals surface area contributed by atoms with Crippen LogP contribution in [0.25, 0.3) is 0 Å². The van der Waals surface area contributed by atoms with Gasteiger partial charge < -0.3 is 19.5 Å². The first kappa shape index (κ1) is 16.3. The van der Waals surface area contributed by atoms with Crippen LogP contribution in [-0.2, 0) is 11.4 Å². The van der Waals surface area contributed by atoms with Gasteiger partial charge in [0.15, 0.2) is 18.1 Å². The second-order valence-corrected chi connectivity index (χ2v) is 4.72. The molecule has 20 heavy (non-hydrogen) atoms. The number of ether oxygens (including phenoxy) is 2. The highest BCUT2D eigenvalue weighted by molar-refractivity contribution is 5.77. The minimum Gasteiger partial charge on any atom is -0.490 e. The van der Waals surface area contributed by atoms with Crippen molar-refractivity contribution in [2.75, 3.05) is 20.3 Å². The van der Waals surface area contributed by atoms with E-state index < -0.39 is 0 Å². The third kappa shape index (κ3) is 4.13. The summed E-state index contributed by atoms with van der Waals surface area (Å²) in [4.78, 5) is 13.5. The van der Waals surface area contributed by atoms with Crippen molar-refractivity contribution in [3.8, 4) is 11.5 Å². The van der Waals surface area contributed by atoms with Crippen LogP contribution in [0.5, 0.6) is 11.5 Å². The zero-order chi connectivity index (χ0) is 15.1. The number of hydrogen-bond acceptors (Lipinski definition) is 4. The summed E-state index contributed by atoms with van der Waals surface area (Å²) in [7, 11) is 1.73. The predicted molar refractivity (Wildman–Crippen MR) is 76.9 cm³/mol. The van der Waals surface area contributed by atoms with E-state index in [9.17, 15) is 9.90 Å². The van der Waals surface area contributed by atoms with Gasteiger partial charge in [-0.1, -0.05) is 12.1 Å². The third-order valence-electron chi connectivity index (χ3n) is 3.04. The van der Waals surface area contributed by atoms with Gasteiger partial charge in [0, 0.05) is 18.7 Å². The molecule has 0 spiro atoms. The average Bonchev–Trinajstić information content (AvgIpc) is 2.44. The number of likely N-dealkylation sites (N-methyl/N-ethyl adjacent to an activating group) is 1. The maximum absolute atomic E-state index is 11.9. The largest absolute Gasteiger partial charge is 0.490 e. The van der Waals surface area contributed by atoms with E-state index in [1.54, 1.807) is 30.1 Å². The van der Waals surface area contributed by atoms with E-state index in [1.807, 2.05) is 20.8 Å². The van der Waals surface area contributed by atoms with E-state index in [0.717, 1.165) is 0 Å². The zero-order valence-electron chi connectivity index (χ0n) is 12.5.